The zero-order valence-corrected chi connectivity index (χ0v) is 14.6. The third-order valence-electron chi connectivity index (χ3n) is 3.42. The van der Waals surface area contributed by atoms with Gasteiger partial charge in [0, 0.05) is 12.8 Å². The standard InChI is InChI=1S/C18H18N4O2S/c1-2-22-16-10-4-3-9-15(16)20-18(22)25-13-17(23)21-19-11-5-7-14-8-6-12-24-14/h3-12H,2,13H2,1H3,(H,21,23)/b7-5-,19-11?. The predicted molar refractivity (Wildman–Crippen MR) is 101 cm³/mol. The van der Waals surface area contributed by atoms with Crippen molar-refractivity contribution >= 4 is 41.0 Å². The van der Waals surface area contributed by atoms with Crippen LogP contribution in [0.3, 0.4) is 0 Å². The average molecular weight is 354 g/mol. The molecule has 0 radical (unpaired) electrons. The Morgan fingerprint density at radius 2 is 2.24 bits per heavy atom. The number of carbonyl (C=O) groups is 1. The van der Waals surface area contributed by atoms with E-state index >= 15 is 0 Å². The summed E-state index contributed by atoms with van der Waals surface area (Å²) in [6, 6.07) is 11.6. The first-order chi connectivity index (χ1) is 12.3. The van der Waals surface area contributed by atoms with Gasteiger partial charge in [0.05, 0.1) is 23.0 Å². The lowest BCUT2D eigenvalue weighted by Gasteiger charge is -2.04. The summed E-state index contributed by atoms with van der Waals surface area (Å²) in [5.74, 6) is 0.803. The molecule has 1 aromatic carbocycles. The van der Waals surface area contributed by atoms with Crippen LogP contribution in [0.5, 0.6) is 0 Å². The first-order valence-electron chi connectivity index (χ1n) is 7.88. The van der Waals surface area contributed by atoms with Crippen LogP contribution in [-0.4, -0.2) is 27.4 Å². The Labute approximate surface area is 149 Å². The Balaban J connectivity index is 1.52. The number of fused-ring (bicyclic) bond motifs is 1. The summed E-state index contributed by atoms with van der Waals surface area (Å²) in [6.45, 7) is 2.87. The minimum Gasteiger partial charge on any atom is -0.465 e. The van der Waals surface area contributed by atoms with E-state index in [1.54, 1.807) is 24.5 Å². The number of amides is 1. The third kappa shape index (κ3) is 4.39. The molecule has 7 heteroatoms. The van der Waals surface area contributed by atoms with Crippen molar-refractivity contribution in [3.8, 4) is 0 Å². The van der Waals surface area contributed by atoms with E-state index in [0.717, 1.165) is 28.5 Å². The molecule has 3 aromatic rings. The molecular weight excluding hydrogens is 336 g/mol. The largest absolute Gasteiger partial charge is 0.465 e. The van der Waals surface area contributed by atoms with Gasteiger partial charge in [-0.25, -0.2) is 10.4 Å². The highest BCUT2D eigenvalue weighted by Gasteiger charge is 2.11. The number of nitrogens with one attached hydrogen (secondary N) is 1. The van der Waals surface area contributed by atoms with Crippen molar-refractivity contribution in [2.24, 2.45) is 5.10 Å². The normalized spacial score (nSPS) is 11.7. The van der Waals surface area contributed by atoms with Crippen molar-refractivity contribution in [1.29, 1.82) is 0 Å². The molecule has 1 amide bonds. The molecule has 0 saturated heterocycles. The van der Waals surface area contributed by atoms with Crippen LogP contribution in [0, 0.1) is 0 Å². The fraction of sp³-hybridized carbons (Fsp3) is 0.167. The number of aryl methyl sites for hydroxylation is 1. The number of imidazole rings is 1. The van der Waals surface area contributed by atoms with Crippen molar-refractivity contribution in [3.63, 3.8) is 0 Å². The molecule has 25 heavy (non-hydrogen) atoms. The number of thioether (sulfide) groups is 1. The van der Waals surface area contributed by atoms with E-state index in [1.165, 1.54) is 18.0 Å². The molecule has 0 aliphatic rings. The summed E-state index contributed by atoms with van der Waals surface area (Å²) < 4.78 is 7.25. The summed E-state index contributed by atoms with van der Waals surface area (Å²) in [5, 5.41) is 4.71. The maximum absolute atomic E-state index is 11.9. The number of rotatable bonds is 7. The number of hydrazone groups is 1. The van der Waals surface area contributed by atoms with E-state index in [9.17, 15) is 4.79 Å². The molecule has 0 spiro atoms. The van der Waals surface area contributed by atoms with Crippen molar-refractivity contribution < 1.29 is 9.21 Å². The van der Waals surface area contributed by atoms with E-state index in [0.29, 0.717) is 0 Å². The highest BCUT2D eigenvalue weighted by molar-refractivity contribution is 7.99. The van der Waals surface area contributed by atoms with E-state index in [4.69, 9.17) is 4.42 Å². The van der Waals surface area contributed by atoms with Crippen molar-refractivity contribution in [2.75, 3.05) is 5.75 Å². The molecule has 2 heterocycles. The van der Waals surface area contributed by atoms with E-state index in [-0.39, 0.29) is 11.7 Å². The van der Waals surface area contributed by atoms with Gasteiger partial charge in [0.15, 0.2) is 5.16 Å². The molecule has 0 saturated carbocycles. The first-order valence-corrected chi connectivity index (χ1v) is 8.86. The van der Waals surface area contributed by atoms with Gasteiger partial charge in [-0.3, -0.25) is 4.79 Å². The van der Waals surface area contributed by atoms with Crippen LogP contribution >= 0.6 is 11.8 Å². The summed E-state index contributed by atoms with van der Waals surface area (Å²) in [6.07, 6.45) is 6.56. The van der Waals surface area contributed by atoms with Gasteiger partial charge in [-0.15, -0.1) is 0 Å². The molecular formula is C18H18N4O2S. The summed E-state index contributed by atoms with van der Waals surface area (Å²) in [4.78, 5) is 16.5. The second-order valence-electron chi connectivity index (χ2n) is 5.10. The molecule has 6 nitrogen and oxygen atoms in total. The zero-order chi connectivity index (χ0) is 17.5. The lowest BCUT2D eigenvalue weighted by Crippen LogP contribution is -2.19. The number of para-hydroxylation sites is 2. The van der Waals surface area contributed by atoms with E-state index < -0.39 is 0 Å². The molecule has 0 unspecified atom stereocenters. The topological polar surface area (TPSA) is 72.4 Å². The monoisotopic (exact) mass is 354 g/mol. The molecule has 128 valence electrons. The number of benzene rings is 1. The van der Waals surface area contributed by atoms with Crippen molar-refractivity contribution in [3.05, 3.63) is 54.5 Å². The first kappa shape index (κ1) is 17.0. The van der Waals surface area contributed by atoms with Gasteiger partial charge in [-0.05, 0) is 43.3 Å². The summed E-state index contributed by atoms with van der Waals surface area (Å²) in [5.41, 5.74) is 4.51. The van der Waals surface area contributed by atoms with Gasteiger partial charge in [0.25, 0.3) is 5.91 Å². The minimum atomic E-state index is -0.178. The number of carbonyl (C=O) groups excluding carboxylic acids is 1. The van der Waals surface area contributed by atoms with Crippen LogP contribution < -0.4 is 5.43 Å². The molecule has 0 bridgehead atoms. The second-order valence-corrected chi connectivity index (χ2v) is 6.05. The highest BCUT2D eigenvalue weighted by atomic mass is 32.2. The van der Waals surface area contributed by atoms with Crippen molar-refractivity contribution in [1.82, 2.24) is 15.0 Å². The van der Waals surface area contributed by atoms with Gasteiger partial charge >= 0.3 is 0 Å². The second kappa shape index (κ2) is 8.34. The maximum Gasteiger partial charge on any atom is 0.250 e. The Morgan fingerprint density at radius 1 is 1.36 bits per heavy atom. The molecule has 0 fully saturated rings. The van der Waals surface area contributed by atoms with Crippen LogP contribution in [-0.2, 0) is 11.3 Å². The zero-order valence-electron chi connectivity index (χ0n) is 13.8. The lowest BCUT2D eigenvalue weighted by molar-refractivity contribution is -0.118. The number of nitrogens with zero attached hydrogens (tertiary/aromatic N) is 3. The molecule has 2 aromatic heterocycles. The maximum atomic E-state index is 11.9. The van der Waals surface area contributed by atoms with Crippen LogP contribution in [0.2, 0.25) is 0 Å². The Kier molecular flexibility index (Phi) is 5.69. The molecule has 0 aliphatic carbocycles. The lowest BCUT2D eigenvalue weighted by atomic mass is 10.3. The van der Waals surface area contributed by atoms with Gasteiger partial charge in [-0.2, -0.15) is 5.10 Å². The number of hydrogen-bond donors (Lipinski definition) is 1. The smallest absolute Gasteiger partial charge is 0.250 e. The van der Waals surface area contributed by atoms with E-state index in [2.05, 4.69) is 27.0 Å². The summed E-state index contributed by atoms with van der Waals surface area (Å²) >= 11 is 1.40. The van der Waals surface area contributed by atoms with Crippen LogP contribution in [0.1, 0.15) is 12.7 Å². The molecule has 0 atom stereocenters. The predicted octanol–water partition coefficient (Wildman–Crippen LogP) is 3.56. The Bertz CT molecular complexity index is 897. The number of allylic oxidation sites excluding steroid dienone is 1. The molecule has 0 aliphatic heterocycles. The molecule has 1 N–H and O–H groups in total. The summed E-state index contributed by atoms with van der Waals surface area (Å²) in [7, 11) is 0. The average Bonchev–Trinajstić information content (AvgIpc) is 3.26. The van der Waals surface area contributed by atoms with E-state index in [1.807, 2.05) is 30.3 Å². The molecule has 3 rings (SSSR count). The van der Waals surface area contributed by atoms with Crippen LogP contribution in [0.15, 0.2) is 63.4 Å². The number of furan rings is 1. The fourth-order valence-corrected chi connectivity index (χ4v) is 3.18. The van der Waals surface area contributed by atoms with Gasteiger partial charge in [0.1, 0.15) is 5.76 Å². The third-order valence-corrected chi connectivity index (χ3v) is 4.40. The minimum absolute atomic E-state index is 0.178. The van der Waals surface area contributed by atoms with Gasteiger partial charge in [0.2, 0.25) is 0 Å². The quantitative estimate of drug-likeness (QED) is 0.400. The fourth-order valence-electron chi connectivity index (χ4n) is 2.31. The van der Waals surface area contributed by atoms with Crippen LogP contribution in [0.4, 0.5) is 0 Å². The highest BCUT2D eigenvalue weighted by Crippen LogP contribution is 2.23. The van der Waals surface area contributed by atoms with Crippen LogP contribution in [0.25, 0.3) is 17.1 Å². The SMILES string of the molecule is CCn1c(SCC(=O)NN=C/C=C\c2ccco2)nc2ccccc21. The van der Waals surface area contributed by atoms with Gasteiger partial charge in [-0.1, -0.05) is 23.9 Å². The Morgan fingerprint density at radius 3 is 3.04 bits per heavy atom. The van der Waals surface area contributed by atoms with Gasteiger partial charge < -0.3 is 8.98 Å². The van der Waals surface area contributed by atoms with Crippen molar-refractivity contribution in [2.45, 2.75) is 18.6 Å². The number of aromatic nitrogens is 2. The number of hydrogen-bond acceptors (Lipinski definition) is 5. The Hall–Kier alpha value is -2.80.